The Hall–Kier alpha value is -2.02. The van der Waals surface area contributed by atoms with Gasteiger partial charge in [-0.1, -0.05) is 12.1 Å². The van der Waals surface area contributed by atoms with Crippen LogP contribution in [0.5, 0.6) is 0 Å². The van der Waals surface area contributed by atoms with Gasteiger partial charge in [0.25, 0.3) is 0 Å². The Bertz CT molecular complexity index is 671. The number of alkyl halides is 3. The molecule has 2 rings (SSSR count). The molecule has 0 bridgehead atoms. The molecule has 0 atom stereocenters. The highest BCUT2D eigenvalue weighted by atomic mass is 32.2. The number of hydrogen-bond donors (Lipinski definition) is 1. The van der Waals surface area contributed by atoms with E-state index in [-0.39, 0.29) is 24.0 Å². The Morgan fingerprint density at radius 1 is 1.09 bits per heavy atom. The number of benzene rings is 2. The molecule has 0 saturated heterocycles. The minimum atomic E-state index is -4.40. The molecule has 0 aromatic heterocycles. The molecule has 2 nitrogen and oxygen atoms in total. The van der Waals surface area contributed by atoms with E-state index in [0.29, 0.717) is 5.56 Å². The Balaban J connectivity index is 1.83. The fourth-order valence-corrected chi connectivity index (χ4v) is 2.52. The van der Waals surface area contributed by atoms with Crippen molar-refractivity contribution in [2.24, 2.45) is 0 Å². The third-order valence-corrected chi connectivity index (χ3v) is 3.94. The van der Waals surface area contributed by atoms with E-state index in [4.69, 9.17) is 0 Å². The largest absolute Gasteiger partial charge is 0.416 e. The number of amides is 1. The molecule has 2 aromatic carbocycles. The summed E-state index contributed by atoms with van der Waals surface area (Å²) in [5.74, 6) is -0.565. The summed E-state index contributed by atoms with van der Waals surface area (Å²) in [6, 6.07) is 10.5. The van der Waals surface area contributed by atoms with Gasteiger partial charge in [0.1, 0.15) is 5.82 Å². The van der Waals surface area contributed by atoms with Crippen LogP contribution in [0.3, 0.4) is 0 Å². The zero-order valence-electron chi connectivity index (χ0n) is 11.9. The third-order valence-electron chi connectivity index (χ3n) is 2.93. The van der Waals surface area contributed by atoms with Crippen molar-refractivity contribution in [1.29, 1.82) is 0 Å². The predicted octanol–water partition coefficient (Wildman–Crippen LogP) is 4.25. The van der Waals surface area contributed by atoms with E-state index in [1.807, 2.05) is 0 Å². The molecule has 0 spiro atoms. The first-order valence-electron chi connectivity index (χ1n) is 6.66. The molecular weight excluding hydrogens is 330 g/mol. The standard InChI is InChI=1S/C16H13F4NOS/c17-13-4-6-14(7-5-13)23-10-15(22)21-9-11-2-1-3-12(8-11)16(18,19)20/h1-8H,9-10H2,(H,21,22). The summed E-state index contributed by atoms with van der Waals surface area (Å²) in [4.78, 5) is 12.4. The van der Waals surface area contributed by atoms with E-state index in [0.717, 1.165) is 17.0 Å². The maximum Gasteiger partial charge on any atom is 0.416 e. The van der Waals surface area contributed by atoms with Crippen molar-refractivity contribution in [3.8, 4) is 0 Å². The van der Waals surface area contributed by atoms with E-state index >= 15 is 0 Å². The van der Waals surface area contributed by atoms with Crippen LogP contribution in [-0.2, 0) is 17.5 Å². The van der Waals surface area contributed by atoms with Crippen molar-refractivity contribution < 1.29 is 22.4 Å². The normalized spacial score (nSPS) is 11.3. The van der Waals surface area contributed by atoms with Gasteiger partial charge in [-0.15, -0.1) is 11.8 Å². The molecule has 0 fully saturated rings. The van der Waals surface area contributed by atoms with Crippen LogP contribution in [0.25, 0.3) is 0 Å². The number of halogens is 4. The summed E-state index contributed by atoms with van der Waals surface area (Å²) < 4.78 is 50.5. The molecule has 0 aliphatic carbocycles. The lowest BCUT2D eigenvalue weighted by molar-refractivity contribution is -0.137. The van der Waals surface area contributed by atoms with Gasteiger partial charge in [-0.2, -0.15) is 13.2 Å². The summed E-state index contributed by atoms with van der Waals surface area (Å²) in [6.07, 6.45) is -4.40. The van der Waals surface area contributed by atoms with E-state index in [2.05, 4.69) is 5.32 Å². The van der Waals surface area contributed by atoms with Crippen LogP contribution in [-0.4, -0.2) is 11.7 Å². The van der Waals surface area contributed by atoms with Crippen molar-refractivity contribution in [3.63, 3.8) is 0 Å². The first-order chi connectivity index (χ1) is 10.8. The molecule has 122 valence electrons. The molecule has 1 amide bonds. The molecule has 1 N–H and O–H groups in total. The predicted molar refractivity (Wildman–Crippen MR) is 80.4 cm³/mol. The van der Waals surface area contributed by atoms with Crippen LogP contribution < -0.4 is 5.32 Å². The number of rotatable bonds is 5. The molecular formula is C16H13F4NOS. The van der Waals surface area contributed by atoms with Gasteiger partial charge >= 0.3 is 6.18 Å². The number of carbonyl (C=O) groups is 1. The van der Waals surface area contributed by atoms with Gasteiger partial charge in [0, 0.05) is 11.4 Å². The highest BCUT2D eigenvalue weighted by molar-refractivity contribution is 8.00. The molecule has 0 aliphatic rings. The van der Waals surface area contributed by atoms with E-state index in [9.17, 15) is 22.4 Å². The van der Waals surface area contributed by atoms with Crippen molar-refractivity contribution in [3.05, 3.63) is 65.5 Å². The zero-order chi connectivity index (χ0) is 16.9. The smallest absolute Gasteiger partial charge is 0.351 e. The van der Waals surface area contributed by atoms with E-state index < -0.39 is 11.7 Å². The molecule has 7 heteroatoms. The topological polar surface area (TPSA) is 29.1 Å². The van der Waals surface area contributed by atoms with Crippen LogP contribution in [0.4, 0.5) is 17.6 Å². The van der Waals surface area contributed by atoms with Crippen LogP contribution in [0.15, 0.2) is 53.4 Å². The monoisotopic (exact) mass is 343 g/mol. The summed E-state index contributed by atoms with van der Waals surface area (Å²) in [5.41, 5.74) is -0.370. The number of carbonyl (C=O) groups excluding carboxylic acids is 1. The summed E-state index contributed by atoms with van der Waals surface area (Å²) in [6.45, 7) is 0.0206. The van der Waals surface area contributed by atoms with Gasteiger partial charge in [-0.05, 0) is 42.0 Å². The van der Waals surface area contributed by atoms with Crippen LogP contribution >= 0.6 is 11.8 Å². The Kier molecular flexibility index (Phi) is 5.65. The first kappa shape index (κ1) is 17.3. The average molecular weight is 343 g/mol. The third kappa shape index (κ3) is 5.59. The van der Waals surface area contributed by atoms with Crippen molar-refractivity contribution in [2.75, 3.05) is 5.75 Å². The number of hydrogen-bond acceptors (Lipinski definition) is 2. The second-order valence-corrected chi connectivity index (χ2v) is 5.77. The maximum absolute atomic E-state index is 12.7. The van der Waals surface area contributed by atoms with Gasteiger partial charge in [0.15, 0.2) is 0 Å². The molecule has 0 saturated carbocycles. The lowest BCUT2D eigenvalue weighted by Crippen LogP contribution is -2.24. The van der Waals surface area contributed by atoms with Gasteiger partial charge in [-0.25, -0.2) is 4.39 Å². The summed E-state index contributed by atoms with van der Waals surface area (Å²) in [5, 5.41) is 2.56. The van der Waals surface area contributed by atoms with Crippen LogP contribution in [0.2, 0.25) is 0 Å². The minimum Gasteiger partial charge on any atom is -0.351 e. The average Bonchev–Trinajstić information content (AvgIpc) is 2.52. The molecule has 23 heavy (non-hydrogen) atoms. The quantitative estimate of drug-likeness (QED) is 0.649. The number of thioether (sulfide) groups is 1. The van der Waals surface area contributed by atoms with E-state index in [1.54, 1.807) is 12.1 Å². The fourth-order valence-electron chi connectivity index (χ4n) is 1.79. The second-order valence-electron chi connectivity index (χ2n) is 4.72. The fraction of sp³-hybridized carbons (Fsp3) is 0.188. The minimum absolute atomic E-state index is 0.0206. The highest BCUT2D eigenvalue weighted by Gasteiger charge is 2.30. The molecule has 2 aromatic rings. The van der Waals surface area contributed by atoms with E-state index in [1.165, 1.54) is 36.0 Å². The maximum atomic E-state index is 12.7. The lowest BCUT2D eigenvalue weighted by Gasteiger charge is -2.09. The molecule has 0 unspecified atom stereocenters. The summed E-state index contributed by atoms with van der Waals surface area (Å²) in [7, 11) is 0. The summed E-state index contributed by atoms with van der Waals surface area (Å²) >= 11 is 1.22. The van der Waals surface area contributed by atoms with Gasteiger partial charge in [0.2, 0.25) is 5.91 Å². The number of nitrogens with one attached hydrogen (secondary N) is 1. The Morgan fingerprint density at radius 3 is 2.43 bits per heavy atom. The molecule has 0 heterocycles. The molecule has 0 radical (unpaired) electrons. The van der Waals surface area contributed by atoms with Crippen LogP contribution in [0.1, 0.15) is 11.1 Å². The SMILES string of the molecule is O=C(CSc1ccc(F)cc1)NCc1cccc(C(F)(F)F)c1. The van der Waals surface area contributed by atoms with Crippen molar-refractivity contribution in [1.82, 2.24) is 5.32 Å². The zero-order valence-corrected chi connectivity index (χ0v) is 12.7. The van der Waals surface area contributed by atoms with Crippen molar-refractivity contribution >= 4 is 17.7 Å². The van der Waals surface area contributed by atoms with Gasteiger partial charge in [0.05, 0.1) is 11.3 Å². The second kappa shape index (κ2) is 7.50. The lowest BCUT2D eigenvalue weighted by atomic mass is 10.1. The highest BCUT2D eigenvalue weighted by Crippen LogP contribution is 2.29. The Morgan fingerprint density at radius 2 is 1.78 bits per heavy atom. The Labute approximate surface area is 134 Å². The molecule has 0 aliphatic heterocycles. The van der Waals surface area contributed by atoms with Gasteiger partial charge < -0.3 is 5.32 Å². The van der Waals surface area contributed by atoms with Crippen molar-refractivity contribution in [2.45, 2.75) is 17.6 Å². The van der Waals surface area contributed by atoms with Crippen LogP contribution in [0, 0.1) is 5.82 Å². The van der Waals surface area contributed by atoms with Gasteiger partial charge in [-0.3, -0.25) is 4.79 Å². The first-order valence-corrected chi connectivity index (χ1v) is 7.64.